The summed E-state index contributed by atoms with van der Waals surface area (Å²) in [7, 11) is 0. The van der Waals surface area contributed by atoms with Gasteiger partial charge < -0.3 is 5.73 Å². The number of rotatable bonds is 2. The van der Waals surface area contributed by atoms with E-state index in [4.69, 9.17) is 17.3 Å². The topological polar surface area (TPSA) is 38.9 Å². The Balaban J connectivity index is 1.94. The summed E-state index contributed by atoms with van der Waals surface area (Å²) in [5, 5.41) is 1.18. The standard InChI is InChI=1S/C14H14ClFN2S/c15-8-5-6-9(10(16)7-8)13(17)14-18-11-3-1-2-4-12(11)19-14/h5-7,13H,1-4,17H2. The van der Waals surface area contributed by atoms with Gasteiger partial charge in [0.05, 0.1) is 11.7 Å². The third-order valence-corrected chi connectivity index (χ3v) is 4.90. The van der Waals surface area contributed by atoms with E-state index < -0.39 is 6.04 Å². The largest absolute Gasteiger partial charge is 0.318 e. The molecule has 0 saturated heterocycles. The van der Waals surface area contributed by atoms with E-state index >= 15 is 0 Å². The molecule has 0 aliphatic heterocycles. The second-order valence-corrected chi connectivity index (χ2v) is 6.32. The molecule has 1 heterocycles. The van der Waals surface area contributed by atoms with Crippen LogP contribution in [0.25, 0.3) is 0 Å². The van der Waals surface area contributed by atoms with Crippen LogP contribution in [0.1, 0.15) is 40.0 Å². The lowest BCUT2D eigenvalue weighted by molar-refractivity contribution is 0.598. The van der Waals surface area contributed by atoms with Gasteiger partial charge in [0.25, 0.3) is 0 Å². The molecule has 1 aliphatic rings. The van der Waals surface area contributed by atoms with Crippen molar-refractivity contribution < 1.29 is 4.39 Å². The van der Waals surface area contributed by atoms with Crippen LogP contribution in [0.15, 0.2) is 18.2 Å². The Kier molecular flexibility index (Phi) is 3.56. The molecule has 100 valence electrons. The van der Waals surface area contributed by atoms with Gasteiger partial charge in [0.2, 0.25) is 0 Å². The molecule has 1 atom stereocenters. The van der Waals surface area contributed by atoms with Crippen LogP contribution in [0.5, 0.6) is 0 Å². The van der Waals surface area contributed by atoms with Gasteiger partial charge in [-0.15, -0.1) is 11.3 Å². The second kappa shape index (κ2) is 5.19. The molecule has 0 radical (unpaired) electrons. The highest BCUT2D eigenvalue weighted by atomic mass is 35.5. The summed E-state index contributed by atoms with van der Waals surface area (Å²) in [5.41, 5.74) is 7.75. The zero-order valence-corrected chi connectivity index (χ0v) is 11.9. The molecule has 0 saturated carbocycles. The van der Waals surface area contributed by atoms with Crippen LogP contribution < -0.4 is 5.73 Å². The van der Waals surface area contributed by atoms with Crippen LogP contribution in [0.3, 0.4) is 0 Å². The summed E-state index contributed by atoms with van der Waals surface area (Å²) >= 11 is 7.37. The van der Waals surface area contributed by atoms with E-state index in [2.05, 4.69) is 4.98 Å². The van der Waals surface area contributed by atoms with E-state index in [0.29, 0.717) is 10.6 Å². The third kappa shape index (κ3) is 2.53. The SMILES string of the molecule is NC(c1nc2c(s1)CCCC2)c1ccc(Cl)cc1F. The average molecular weight is 297 g/mol. The van der Waals surface area contributed by atoms with Crippen molar-refractivity contribution in [1.82, 2.24) is 4.98 Å². The molecular formula is C14H14ClFN2S. The first-order valence-corrected chi connectivity index (χ1v) is 7.53. The Morgan fingerprint density at radius 1 is 1.32 bits per heavy atom. The quantitative estimate of drug-likeness (QED) is 0.914. The zero-order valence-electron chi connectivity index (χ0n) is 10.3. The Bertz CT molecular complexity index is 588. The van der Waals surface area contributed by atoms with Gasteiger partial charge in [0.1, 0.15) is 10.8 Å². The highest BCUT2D eigenvalue weighted by Gasteiger charge is 2.21. The molecule has 1 aromatic heterocycles. The van der Waals surface area contributed by atoms with Crippen molar-refractivity contribution in [3.05, 3.63) is 50.2 Å². The molecular weight excluding hydrogens is 283 g/mol. The van der Waals surface area contributed by atoms with Gasteiger partial charge in [-0.2, -0.15) is 0 Å². The summed E-state index contributed by atoms with van der Waals surface area (Å²) in [6.45, 7) is 0. The lowest BCUT2D eigenvalue weighted by Gasteiger charge is -2.10. The molecule has 1 aliphatic carbocycles. The lowest BCUT2D eigenvalue weighted by Crippen LogP contribution is -2.13. The number of thiazole rings is 1. The van der Waals surface area contributed by atoms with Gasteiger partial charge in [-0.05, 0) is 37.8 Å². The van der Waals surface area contributed by atoms with Crippen molar-refractivity contribution in [2.75, 3.05) is 0 Å². The Morgan fingerprint density at radius 2 is 2.11 bits per heavy atom. The second-order valence-electron chi connectivity index (χ2n) is 4.77. The summed E-state index contributed by atoms with van der Waals surface area (Å²) in [6.07, 6.45) is 4.48. The summed E-state index contributed by atoms with van der Waals surface area (Å²) < 4.78 is 13.9. The van der Waals surface area contributed by atoms with Gasteiger partial charge in [-0.3, -0.25) is 0 Å². The number of nitrogens with zero attached hydrogens (tertiary/aromatic N) is 1. The highest BCUT2D eigenvalue weighted by molar-refractivity contribution is 7.11. The first-order valence-electron chi connectivity index (χ1n) is 6.34. The average Bonchev–Trinajstić information content (AvgIpc) is 2.81. The van der Waals surface area contributed by atoms with Gasteiger partial charge in [-0.25, -0.2) is 9.37 Å². The molecule has 2 N–H and O–H groups in total. The summed E-state index contributed by atoms with van der Waals surface area (Å²) in [5.74, 6) is -0.367. The van der Waals surface area contributed by atoms with E-state index in [1.807, 2.05) is 0 Å². The number of hydrogen-bond donors (Lipinski definition) is 1. The normalized spacial score (nSPS) is 16.2. The minimum Gasteiger partial charge on any atom is -0.318 e. The van der Waals surface area contributed by atoms with Crippen LogP contribution in [0.2, 0.25) is 5.02 Å². The molecule has 2 nitrogen and oxygen atoms in total. The number of nitrogens with two attached hydrogens (primary N) is 1. The third-order valence-electron chi connectivity index (χ3n) is 3.43. The van der Waals surface area contributed by atoms with Crippen molar-refractivity contribution >= 4 is 22.9 Å². The maximum Gasteiger partial charge on any atom is 0.129 e. The minimum absolute atomic E-state index is 0.367. The van der Waals surface area contributed by atoms with E-state index in [9.17, 15) is 4.39 Å². The summed E-state index contributed by atoms with van der Waals surface area (Å²) in [4.78, 5) is 5.90. The zero-order chi connectivity index (χ0) is 13.4. The van der Waals surface area contributed by atoms with Gasteiger partial charge in [0.15, 0.2) is 0 Å². The van der Waals surface area contributed by atoms with Crippen molar-refractivity contribution in [2.24, 2.45) is 5.73 Å². The van der Waals surface area contributed by atoms with Gasteiger partial charge >= 0.3 is 0 Å². The monoisotopic (exact) mass is 296 g/mol. The Hall–Kier alpha value is -0.970. The number of fused-ring (bicyclic) bond motifs is 1. The molecule has 3 rings (SSSR count). The fraction of sp³-hybridized carbons (Fsp3) is 0.357. The fourth-order valence-electron chi connectivity index (χ4n) is 2.39. The van der Waals surface area contributed by atoms with E-state index in [1.54, 1.807) is 23.5 Å². The molecule has 5 heteroatoms. The number of aromatic nitrogens is 1. The maximum atomic E-state index is 13.9. The van der Waals surface area contributed by atoms with Crippen molar-refractivity contribution in [1.29, 1.82) is 0 Å². The van der Waals surface area contributed by atoms with E-state index in [-0.39, 0.29) is 5.82 Å². The van der Waals surface area contributed by atoms with Crippen LogP contribution >= 0.6 is 22.9 Å². The maximum absolute atomic E-state index is 13.9. The predicted octanol–water partition coefficient (Wildman–Crippen LogP) is 3.86. The first kappa shape index (κ1) is 13.0. The first-order chi connectivity index (χ1) is 9.15. The van der Waals surface area contributed by atoms with Gasteiger partial charge in [-0.1, -0.05) is 17.7 Å². The predicted molar refractivity (Wildman–Crippen MR) is 76.2 cm³/mol. The molecule has 0 spiro atoms. The number of halogens is 2. The minimum atomic E-state index is -0.507. The van der Waals surface area contributed by atoms with Crippen molar-refractivity contribution in [2.45, 2.75) is 31.7 Å². The van der Waals surface area contributed by atoms with E-state index in [0.717, 1.165) is 23.5 Å². The molecule has 1 aromatic carbocycles. The number of aryl methyl sites for hydroxylation is 2. The van der Waals surface area contributed by atoms with Crippen LogP contribution in [0.4, 0.5) is 4.39 Å². The highest BCUT2D eigenvalue weighted by Crippen LogP contribution is 2.32. The molecule has 1 unspecified atom stereocenters. The molecule has 0 bridgehead atoms. The smallest absolute Gasteiger partial charge is 0.129 e. The molecule has 2 aromatic rings. The fourth-order valence-corrected chi connectivity index (χ4v) is 3.72. The van der Waals surface area contributed by atoms with Crippen molar-refractivity contribution in [3.63, 3.8) is 0 Å². The number of benzene rings is 1. The van der Waals surface area contributed by atoms with Gasteiger partial charge in [0, 0.05) is 15.5 Å². The van der Waals surface area contributed by atoms with E-state index in [1.165, 1.54) is 23.8 Å². The van der Waals surface area contributed by atoms with Crippen molar-refractivity contribution in [3.8, 4) is 0 Å². The van der Waals surface area contributed by atoms with Crippen LogP contribution in [0, 0.1) is 5.82 Å². The number of hydrogen-bond acceptors (Lipinski definition) is 3. The Morgan fingerprint density at radius 3 is 2.84 bits per heavy atom. The van der Waals surface area contributed by atoms with Crippen LogP contribution in [-0.4, -0.2) is 4.98 Å². The Labute approximate surface area is 120 Å². The molecule has 19 heavy (non-hydrogen) atoms. The van der Waals surface area contributed by atoms with Crippen LogP contribution in [-0.2, 0) is 12.8 Å². The lowest BCUT2D eigenvalue weighted by atomic mass is 10.0. The molecule has 0 fully saturated rings. The molecule has 0 amide bonds. The summed E-state index contributed by atoms with van der Waals surface area (Å²) in [6, 6.07) is 4.09.